The molecule has 0 saturated carbocycles. The van der Waals surface area contributed by atoms with Crippen molar-refractivity contribution in [1.29, 1.82) is 0 Å². The second-order valence-electron chi connectivity index (χ2n) is 6.80. The van der Waals surface area contributed by atoms with Crippen molar-refractivity contribution in [1.82, 2.24) is 15.2 Å². The molecule has 0 radical (unpaired) electrons. The van der Waals surface area contributed by atoms with Gasteiger partial charge in [-0.2, -0.15) is 5.10 Å². The summed E-state index contributed by atoms with van der Waals surface area (Å²) in [6, 6.07) is 10.8. The first kappa shape index (κ1) is 18.2. The van der Waals surface area contributed by atoms with Crippen LogP contribution in [0, 0.1) is 13.8 Å². The van der Waals surface area contributed by atoms with Crippen LogP contribution < -0.4 is 10.6 Å². The van der Waals surface area contributed by atoms with Gasteiger partial charge in [-0.1, -0.05) is 29.8 Å². The molecule has 28 heavy (non-hydrogen) atoms. The minimum Gasteiger partial charge on any atom is -0.326 e. The van der Waals surface area contributed by atoms with Gasteiger partial charge in [-0.3, -0.25) is 14.7 Å². The number of hydrogen-bond acceptors (Lipinski definition) is 4. The van der Waals surface area contributed by atoms with E-state index in [-0.39, 0.29) is 18.2 Å². The van der Waals surface area contributed by atoms with E-state index in [1.807, 2.05) is 32.0 Å². The number of carbonyl (C=O) groups is 2. The first-order valence-electron chi connectivity index (χ1n) is 8.81. The molecule has 1 aliphatic heterocycles. The molecule has 2 amide bonds. The Labute approximate surface area is 166 Å². The molecule has 7 nitrogen and oxygen atoms in total. The number of hydrogen-bond donors (Lipinski definition) is 3. The van der Waals surface area contributed by atoms with E-state index in [2.05, 4.69) is 25.8 Å². The lowest BCUT2D eigenvalue weighted by Crippen LogP contribution is -2.20. The van der Waals surface area contributed by atoms with Gasteiger partial charge in [0.1, 0.15) is 5.82 Å². The zero-order valence-corrected chi connectivity index (χ0v) is 16.1. The Hall–Kier alpha value is -3.19. The van der Waals surface area contributed by atoms with E-state index in [0.717, 1.165) is 16.7 Å². The molecule has 2 aromatic carbocycles. The minimum absolute atomic E-state index is 0.0455. The van der Waals surface area contributed by atoms with Crippen molar-refractivity contribution in [3.63, 3.8) is 0 Å². The molecule has 3 N–H and O–H groups in total. The van der Waals surface area contributed by atoms with Gasteiger partial charge in [-0.05, 0) is 43.2 Å². The maximum absolute atomic E-state index is 12.6. The molecule has 2 heterocycles. The fraction of sp³-hybridized carbons (Fsp3) is 0.200. The van der Waals surface area contributed by atoms with E-state index < -0.39 is 5.92 Å². The van der Waals surface area contributed by atoms with Crippen molar-refractivity contribution >= 4 is 34.8 Å². The lowest BCUT2D eigenvalue weighted by Gasteiger charge is -2.12. The molecular weight excluding hydrogens is 378 g/mol. The predicted molar refractivity (Wildman–Crippen MR) is 107 cm³/mol. The molecule has 1 aliphatic rings. The average molecular weight is 396 g/mol. The third-order valence-electron chi connectivity index (χ3n) is 4.72. The van der Waals surface area contributed by atoms with Gasteiger partial charge in [-0.25, -0.2) is 4.98 Å². The molecule has 8 heteroatoms. The van der Waals surface area contributed by atoms with Gasteiger partial charge in [0, 0.05) is 28.4 Å². The summed E-state index contributed by atoms with van der Waals surface area (Å²) >= 11 is 5.97. The number of carbonyl (C=O) groups excluding carboxylic acids is 2. The van der Waals surface area contributed by atoms with Crippen LogP contribution in [0.25, 0.3) is 11.4 Å². The van der Waals surface area contributed by atoms with Gasteiger partial charge in [0.15, 0.2) is 5.82 Å². The summed E-state index contributed by atoms with van der Waals surface area (Å²) in [7, 11) is 0. The maximum Gasteiger partial charge on any atom is 0.232 e. The number of anilines is 2. The topological polar surface area (TPSA) is 99.8 Å². The van der Waals surface area contributed by atoms with E-state index in [0.29, 0.717) is 28.0 Å². The van der Waals surface area contributed by atoms with Crippen molar-refractivity contribution < 1.29 is 9.59 Å². The summed E-state index contributed by atoms with van der Waals surface area (Å²) in [5.74, 6) is 0.302. The number of benzene rings is 2. The SMILES string of the molecule is Cc1nc(-c2ccc(C)c(NC(=O)CC3C(=O)Nc4cc(Cl)ccc43)c2)n[nH]1. The van der Waals surface area contributed by atoms with E-state index in [1.165, 1.54) is 0 Å². The number of rotatable bonds is 4. The Morgan fingerprint density at radius 3 is 2.79 bits per heavy atom. The highest BCUT2D eigenvalue weighted by Gasteiger charge is 2.32. The van der Waals surface area contributed by atoms with Gasteiger partial charge in [0.05, 0.1) is 5.92 Å². The molecule has 1 unspecified atom stereocenters. The fourth-order valence-corrected chi connectivity index (χ4v) is 3.43. The second-order valence-corrected chi connectivity index (χ2v) is 7.24. The number of fused-ring (bicyclic) bond motifs is 1. The van der Waals surface area contributed by atoms with Crippen LogP contribution in [0.15, 0.2) is 36.4 Å². The van der Waals surface area contributed by atoms with Crippen LogP contribution in [0.3, 0.4) is 0 Å². The molecule has 0 fully saturated rings. The molecule has 0 aliphatic carbocycles. The first-order valence-corrected chi connectivity index (χ1v) is 9.18. The number of amides is 2. The third-order valence-corrected chi connectivity index (χ3v) is 4.96. The van der Waals surface area contributed by atoms with E-state index in [1.54, 1.807) is 18.2 Å². The van der Waals surface area contributed by atoms with Gasteiger partial charge in [-0.15, -0.1) is 0 Å². The Morgan fingerprint density at radius 2 is 2.04 bits per heavy atom. The molecule has 1 atom stereocenters. The summed E-state index contributed by atoms with van der Waals surface area (Å²) in [5, 5.41) is 13.2. The quantitative estimate of drug-likeness (QED) is 0.625. The normalized spacial score (nSPS) is 15.2. The van der Waals surface area contributed by atoms with Crippen LogP contribution in [0.5, 0.6) is 0 Å². The second kappa shape index (κ2) is 7.09. The highest BCUT2D eigenvalue weighted by Crippen LogP contribution is 2.36. The minimum atomic E-state index is -0.536. The number of halogens is 1. The van der Waals surface area contributed by atoms with Crippen LogP contribution in [0.4, 0.5) is 11.4 Å². The van der Waals surface area contributed by atoms with E-state index in [9.17, 15) is 9.59 Å². The average Bonchev–Trinajstić information content (AvgIpc) is 3.20. The predicted octanol–water partition coefficient (Wildman–Crippen LogP) is 3.81. The number of H-pyrrole nitrogens is 1. The van der Waals surface area contributed by atoms with Crippen LogP contribution in [0.1, 0.15) is 29.3 Å². The van der Waals surface area contributed by atoms with E-state index in [4.69, 9.17) is 11.6 Å². The van der Waals surface area contributed by atoms with Crippen molar-refractivity contribution in [2.24, 2.45) is 0 Å². The molecule has 1 aromatic heterocycles. The van der Waals surface area contributed by atoms with E-state index >= 15 is 0 Å². The summed E-state index contributed by atoms with van der Waals surface area (Å²) in [5.41, 5.74) is 3.82. The summed E-state index contributed by atoms with van der Waals surface area (Å²) in [6.45, 7) is 3.73. The molecule has 0 spiro atoms. The highest BCUT2D eigenvalue weighted by atomic mass is 35.5. The Kier molecular flexibility index (Phi) is 4.60. The summed E-state index contributed by atoms with van der Waals surface area (Å²) in [4.78, 5) is 29.2. The molecular formula is C20H18ClN5O2. The molecule has 3 aromatic rings. The van der Waals surface area contributed by atoms with Gasteiger partial charge in [0.25, 0.3) is 0 Å². The third kappa shape index (κ3) is 3.48. The van der Waals surface area contributed by atoms with Crippen molar-refractivity contribution in [3.05, 3.63) is 58.4 Å². The van der Waals surface area contributed by atoms with Crippen LogP contribution in [-0.2, 0) is 9.59 Å². The molecule has 0 saturated heterocycles. The van der Waals surface area contributed by atoms with Gasteiger partial charge < -0.3 is 10.6 Å². The highest BCUT2D eigenvalue weighted by molar-refractivity contribution is 6.31. The number of nitrogens with one attached hydrogen (secondary N) is 3. The maximum atomic E-state index is 12.6. The van der Waals surface area contributed by atoms with Crippen LogP contribution in [-0.4, -0.2) is 27.0 Å². The van der Waals surface area contributed by atoms with Gasteiger partial charge >= 0.3 is 0 Å². The number of aryl methyl sites for hydroxylation is 2. The zero-order valence-electron chi connectivity index (χ0n) is 15.3. The Balaban J connectivity index is 1.52. The van der Waals surface area contributed by atoms with Crippen molar-refractivity contribution in [2.45, 2.75) is 26.2 Å². The number of nitrogens with zero attached hydrogens (tertiary/aromatic N) is 2. The summed E-state index contributed by atoms with van der Waals surface area (Å²) in [6.07, 6.45) is 0.0455. The zero-order chi connectivity index (χ0) is 19.8. The van der Waals surface area contributed by atoms with Crippen LogP contribution >= 0.6 is 11.6 Å². The lowest BCUT2D eigenvalue weighted by atomic mass is 9.97. The monoisotopic (exact) mass is 395 g/mol. The lowest BCUT2D eigenvalue weighted by molar-refractivity contribution is -0.122. The summed E-state index contributed by atoms with van der Waals surface area (Å²) < 4.78 is 0. The standard InChI is InChI=1S/C20H18ClN5O2/c1-10-3-4-12(19-22-11(2)25-26-19)7-16(10)23-18(27)9-15-14-6-5-13(21)8-17(14)24-20(15)28/h3-8,15H,9H2,1-2H3,(H,23,27)(H,24,28)(H,22,25,26). The number of aromatic amines is 1. The molecule has 142 valence electrons. The first-order chi connectivity index (χ1) is 13.4. The van der Waals surface area contributed by atoms with Crippen molar-refractivity contribution in [3.8, 4) is 11.4 Å². The molecule has 4 rings (SSSR count). The molecule has 0 bridgehead atoms. The van der Waals surface area contributed by atoms with Crippen molar-refractivity contribution in [2.75, 3.05) is 10.6 Å². The van der Waals surface area contributed by atoms with Crippen LogP contribution in [0.2, 0.25) is 5.02 Å². The smallest absolute Gasteiger partial charge is 0.232 e. The Bertz CT molecular complexity index is 1090. The Morgan fingerprint density at radius 1 is 1.21 bits per heavy atom. The van der Waals surface area contributed by atoms with Gasteiger partial charge in [0.2, 0.25) is 11.8 Å². The number of aromatic nitrogens is 3. The largest absolute Gasteiger partial charge is 0.326 e. The fourth-order valence-electron chi connectivity index (χ4n) is 3.26.